The van der Waals surface area contributed by atoms with E-state index in [9.17, 15) is 8.42 Å². The lowest BCUT2D eigenvalue weighted by Gasteiger charge is -2.40. The summed E-state index contributed by atoms with van der Waals surface area (Å²) in [6, 6.07) is 11.3. The molecular weight excluding hydrogens is 410 g/mol. The first-order chi connectivity index (χ1) is 14.9. The van der Waals surface area contributed by atoms with Crippen molar-refractivity contribution in [2.24, 2.45) is 10.9 Å². The van der Waals surface area contributed by atoms with Crippen LogP contribution in [0.5, 0.6) is 0 Å². The Morgan fingerprint density at radius 3 is 2.26 bits per heavy atom. The lowest BCUT2D eigenvalue weighted by atomic mass is 9.98. The van der Waals surface area contributed by atoms with E-state index in [0.717, 1.165) is 64.5 Å². The summed E-state index contributed by atoms with van der Waals surface area (Å²) >= 11 is 0. The molecule has 8 heteroatoms. The van der Waals surface area contributed by atoms with Gasteiger partial charge in [-0.05, 0) is 37.7 Å². The van der Waals surface area contributed by atoms with Gasteiger partial charge in [0, 0.05) is 58.4 Å². The van der Waals surface area contributed by atoms with Crippen molar-refractivity contribution in [2.75, 3.05) is 58.6 Å². The summed E-state index contributed by atoms with van der Waals surface area (Å²) in [6.07, 6.45) is 4.19. The van der Waals surface area contributed by atoms with Gasteiger partial charge in [-0.1, -0.05) is 37.3 Å². The van der Waals surface area contributed by atoms with Gasteiger partial charge in [0.15, 0.2) is 5.96 Å². The summed E-state index contributed by atoms with van der Waals surface area (Å²) in [6.45, 7) is 11.2. The van der Waals surface area contributed by atoms with Crippen LogP contribution in [-0.4, -0.2) is 87.1 Å². The van der Waals surface area contributed by atoms with Crippen LogP contribution >= 0.6 is 0 Å². The maximum Gasteiger partial charge on any atom is 0.211 e. The summed E-state index contributed by atoms with van der Waals surface area (Å²) < 4.78 is 25.0. The van der Waals surface area contributed by atoms with E-state index in [1.807, 2.05) is 0 Å². The maximum atomic E-state index is 11.7. The number of rotatable bonds is 7. The van der Waals surface area contributed by atoms with Crippen LogP contribution in [0.4, 0.5) is 0 Å². The first kappa shape index (κ1) is 24.0. The third-order valence-electron chi connectivity index (χ3n) is 6.50. The van der Waals surface area contributed by atoms with E-state index in [1.165, 1.54) is 11.8 Å². The fraction of sp³-hybridized carbons (Fsp3) is 0.696. The molecule has 2 fully saturated rings. The standard InChI is InChI=1S/C23H39N5O2S/c1-4-22(21-9-7-6-8-10-21)26-15-17-27(18-16-26)23(24-5-2)25-19-20-11-13-28(14-12-20)31(3,29)30/h6-10,20,22H,4-5,11-19H2,1-3H3,(H,24,25). The van der Waals surface area contributed by atoms with Crippen molar-refractivity contribution >= 4 is 16.0 Å². The molecule has 0 radical (unpaired) electrons. The Hall–Kier alpha value is -1.64. The van der Waals surface area contributed by atoms with Crippen LogP contribution in [0.25, 0.3) is 0 Å². The van der Waals surface area contributed by atoms with Crippen molar-refractivity contribution in [1.82, 2.24) is 19.4 Å². The van der Waals surface area contributed by atoms with Gasteiger partial charge in [0.1, 0.15) is 0 Å². The molecule has 0 aliphatic carbocycles. The monoisotopic (exact) mass is 449 g/mol. The van der Waals surface area contributed by atoms with Gasteiger partial charge in [0.05, 0.1) is 6.26 Å². The minimum absolute atomic E-state index is 0.454. The van der Waals surface area contributed by atoms with Crippen molar-refractivity contribution in [3.63, 3.8) is 0 Å². The molecule has 0 saturated carbocycles. The Kier molecular flexibility index (Phi) is 8.75. The molecule has 1 aromatic rings. The lowest BCUT2D eigenvalue weighted by molar-refractivity contribution is 0.126. The average molecular weight is 450 g/mol. The molecule has 31 heavy (non-hydrogen) atoms. The Morgan fingerprint density at radius 2 is 1.71 bits per heavy atom. The molecule has 0 bridgehead atoms. The maximum absolute atomic E-state index is 11.7. The van der Waals surface area contributed by atoms with Gasteiger partial charge in [-0.2, -0.15) is 0 Å². The first-order valence-corrected chi connectivity index (χ1v) is 13.5. The summed E-state index contributed by atoms with van der Waals surface area (Å²) in [5.41, 5.74) is 1.40. The zero-order valence-corrected chi connectivity index (χ0v) is 20.1. The molecule has 2 aliphatic rings. The van der Waals surface area contributed by atoms with Crippen LogP contribution in [0, 0.1) is 5.92 Å². The number of benzene rings is 1. The largest absolute Gasteiger partial charge is 0.357 e. The van der Waals surface area contributed by atoms with E-state index in [2.05, 4.69) is 59.3 Å². The molecule has 1 atom stereocenters. The molecule has 0 spiro atoms. The van der Waals surface area contributed by atoms with E-state index in [4.69, 9.17) is 4.99 Å². The summed E-state index contributed by atoms with van der Waals surface area (Å²) in [7, 11) is -3.07. The highest BCUT2D eigenvalue weighted by molar-refractivity contribution is 7.88. The van der Waals surface area contributed by atoms with E-state index >= 15 is 0 Å². The second kappa shape index (κ2) is 11.3. The van der Waals surface area contributed by atoms with Crippen molar-refractivity contribution in [3.05, 3.63) is 35.9 Å². The molecule has 2 saturated heterocycles. The summed E-state index contributed by atoms with van der Waals surface area (Å²) in [5, 5.41) is 3.47. The number of nitrogens with one attached hydrogen (secondary N) is 1. The van der Waals surface area contributed by atoms with Gasteiger partial charge in [-0.3, -0.25) is 9.89 Å². The van der Waals surface area contributed by atoms with Crippen molar-refractivity contribution in [1.29, 1.82) is 0 Å². The minimum Gasteiger partial charge on any atom is -0.357 e. The second-order valence-electron chi connectivity index (χ2n) is 8.66. The quantitative estimate of drug-likeness (QED) is 0.511. The smallest absolute Gasteiger partial charge is 0.211 e. The molecule has 2 heterocycles. The lowest BCUT2D eigenvalue weighted by Crippen LogP contribution is -2.53. The van der Waals surface area contributed by atoms with Crippen LogP contribution < -0.4 is 5.32 Å². The Bertz CT molecular complexity index is 799. The zero-order valence-electron chi connectivity index (χ0n) is 19.3. The zero-order chi connectivity index (χ0) is 22.3. The van der Waals surface area contributed by atoms with Crippen LogP contribution in [0.15, 0.2) is 35.3 Å². The Labute approximate surface area is 188 Å². The highest BCUT2D eigenvalue weighted by atomic mass is 32.2. The molecular formula is C23H39N5O2S. The number of nitrogens with zero attached hydrogens (tertiary/aromatic N) is 4. The van der Waals surface area contributed by atoms with Crippen LogP contribution in [0.1, 0.15) is 44.7 Å². The van der Waals surface area contributed by atoms with Gasteiger partial charge in [0.2, 0.25) is 10.0 Å². The third kappa shape index (κ3) is 6.67. The highest BCUT2D eigenvalue weighted by Gasteiger charge is 2.27. The SMILES string of the molecule is CCNC(=NCC1CCN(S(C)(=O)=O)CC1)N1CCN(C(CC)c2ccccc2)CC1. The molecule has 0 amide bonds. The van der Waals surface area contributed by atoms with Gasteiger partial charge >= 0.3 is 0 Å². The number of hydrogen-bond donors (Lipinski definition) is 1. The van der Waals surface area contributed by atoms with Crippen molar-refractivity contribution in [2.45, 2.75) is 39.2 Å². The van der Waals surface area contributed by atoms with Crippen LogP contribution in [0.3, 0.4) is 0 Å². The molecule has 1 aromatic carbocycles. The number of aliphatic imine (C=N–C) groups is 1. The Morgan fingerprint density at radius 1 is 1.06 bits per heavy atom. The first-order valence-electron chi connectivity index (χ1n) is 11.7. The number of guanidine groups is 1. The molecule has 1 N–H and O–H groups in total. The highest BCUT2D eigenvalue weighted by Crippen LogP contribution is 2.25. The summed E-state index contributed by atoms with van der Waals surface area (Å²) in [4.78, 5) is 9.91. The minimum atomic E-state index is -3.07. The number of hydrogen-bond acceptors (Lipinski definition) is 4. The number of piperazine rings is 1. The third-order valence-corrected chi connectivity index (χ3v) is 7.81. The van der Waals surface area contributed by atoms with Crippen molar-refractivity contribution < 1.29 is 8.42 Å². The molecule has 1 unspecified atom stereocenters. The number of sulfonamides is 1. The summed E-state index contributed by atoms with van der Waals surface area (Å²) in [5.74, 6) is 1.45. The fourth-order valence-electron chi connectivity index (χ4n) is 4.69. The second-order valence-corrected chi connectivity index (χ2v) is 10.6. The fourth-order valence-corrected chi connectivity index (χ4v) is 5.56. The van der Waals surface area contributed by atoms with E-state index in [-0.39, 0.29) is 0 Å². The molecule has 174 valence electrons. The molecule has 3 rings (SSSR count). The van der Waals surface area contributed by atoms with Crippen LogP contribution in [0.2, 0.25) is 0 Å². The topological polar surface area (TPSA) is 68.2 Å². The molecule has 2 aliphatic heterocycles. The van der Waals surface area contributed by atoms with Crippen molar-refractivity contribution in [3.8, 4) is 0 Å². The van der Waals surface area contributed by atoms with Crippen LogP contribution in [-0.2, 0) is 10.0 Å². The van der Waals surface area contributed by atoms with Gasteiger partial charge in [0.25, 0.3) is 0 Å². The van der Waals surface area contributed by atoms with E-state index in [0.29, 0.717) is 25.0 Å². The van der Waals surface area contributed by atoms with Gasteiger partial charge in [-0.15, -0.1) is 0 Å². The number of piperidine rings is 1. The van der Waals surface area contributed by atoms with Gasteiger partial charge < -0.3 is 10.2 Å². The molecule has 0 aromatic heterocycles. The molecule has 7 nitrogen and oxygen atoms in total. The normalized spacial score (nSPS) is 21.3. The predicted molar refractivity (Wildman–Crippen MR) is 128 cm³/mol. The van der Waals surface area contributed by atoms with Gasteiger partial charge in [-0.25, -0.2) is 12.7 Å². The average Bonchev–Trinajstić information content (AvgIpc) is 2.78. The van der Waals surface area contributed by atoms with E-state index in [1.54, 1.807) is 4.31 Å². The van der Waals surface area contributed by atoms with E-state index < -0.39 is 10.0 Å². The predicted octanol–water partition coefficient (Wildman–Crippen LogP) is 2.39. The Balaban J connectivity index is 1.54.